The van der Waals surface area contributed by atoms with Gasteiger partial charge in [-0.15, -0.1) is 0 Å². The first kappa shape index (κ1) is 7.13. The van der Waals surface area contributed by atoms with E-state index in [9.17, 15) is 0 Å². The highest BCUT2D eigenvalue weighted by atomic mass is 15.1. The molecule has 10 heavy (non-hydrogen) atoms. The molecule has 0 spiro atoms. The first-order chi connectivity index (χ1) is 4.72. The van der Waals surface area contributed by atoms with E-state index >= 15 is 0 Å². The second-order valence-electron chi connectivity index (χ2n) is 2.52. The van der Waals surface area contributed by atoms with Crippen LogP contribution in [0.5, 0.6) is 0 Å². The van der Waals surface area contributed by atoms with Crippen molar-refractivity contribution in [2.45, 2.75) is 0 Å². The zero-order valence-corrected chi connectivity index (χ0v) is 6.46. The van der Waals surface area contributed by atoms with Crippen LogP contribution in [-0.2, 0) is 0 Å². The lowest BCUT2D eigenvalue weighted by Crippen LogP contribution is -2.09. The Morgan fingerprint density at radius 1 is 1.20 bits per heavy atom. The van der Waals surface area contributed by atoms with Crippen LogP contribution in [0.3, 0.4) is 0 Å². The van der Waals surface area contributed by atoms with Crippen LogP contribution in [0, 0.1) is 6.92 Å². The fourth-order valence-corrected chi connectivity index (χ4v) is 0.947. The largest absolute Gasteiger partial charge is 0.377 e. The van der Waals surface area contributed by atoms with E-state index in [1.807, 2.05) is 32.3 Å². The molecule has 0 saturated carbocycles. The molecule has 0 saturated heterocycles. The number of hydrogen-bond donors (Lipinski definition) is 0. The molecular formula is C9H12N. The molecule has 1 rings (SSSR count). The predicted octanol–water partition coefficient (Wildman–Crippen LogP) is 1.93. The summed E-state index contributed by atoms with van der Waals surface area (Å²) < 4.78 is 0. The number of para-hydroxylation sites is 1. The molecular weight excluding hydrogens is 122 g/mol. The summed E-state index contributed by atoms with van der Waals surface area (Å²) in [6, 6.07) is 8.08. The van der Waals surface area contributed by atoms with Gasteiger partial charge in [-0.3, -0.25) is 0 Å². The Kier molecular flexibility index (Phi) is 1.95. The van der Waals surface area contributed by atoms with E-state index in [1.165, 1.54) is 5.69 Å². The van der Waals surface area contributed by atoms with Crippen LogP contribution in [0.25, 0.3) is 0 Å². The average Bonchev–Trinajstić information content (AvgIpc) is 1.88. The maximum Gasteiger partial charge on any atom is 0.0393 e. The zero-order valence-electron chi connectivity index (χ0n) is 6.46. The van der Waals surface area contributed by atoms with E-state index in [4.69, 9.17) is 0 Å². The topological polar surface area (TPSA) is 3.24 Å². The summed E-state index contributed by atoms with van der Waals surface area (Å²) in [6.45, 7) is 3.90. The molecule has 0 aromatic heterocycles. The van der Waals surface area contributed by atoms with Gasteiger partial charge in [0.05, 0.1) is 0 Å². The number of rotatable bonds is 1. The second kappa shape index (κ2) is 2.74. The molecule has 0 fully saturated rings. The molecule has 0 atom stereocenters. The molecule has 1 nitrogen and oxygen atoms in total. The molecule has 0 N–H and O–H groups in total. The van der Waals surface area contributed by atoms with Crippen LogP contribution in [-0.4, -0.2) is 14.1 Å². The molecule has 0 bridgehead atoms. The summed E-state index contributed by atoms with van der Waals surface area (Å²) in [4.78, 5) is 2.06. The van der Waals surface area contributed by atoms with Crippen molar-refractivity contribution in [2.24, 2.45) is 0 Å². The second-order valence-corrected chi connectivity index (χ2v) is 2.52. The lowest BCUT2D eigenvalue weighted by atomic mass is 10.2. The highest BCUT2D eigenvalue weighted by Crippen LogP contribution is 2.15. The van der Waals surface area contributed by atoms with Gasteiger partial charge in [-0.2, -0.15) is 0 Å². The fourth-order valence-electron chi connectivity index (χ4n) is 0.947. The van der Waals surface area contributed by atoms with Crippen molar-refractivity contribution in [1.29, 1.82) is 0 Å². The molecule has 1 radical (unpaired) electrons. The third kappa shape index (κ3) is 1.29. The van der Waals surface area contributed by atoms with Gasteiger partial charge in [0.1, 0.15) is 0 Å². The van der Waals surface area contributed by atoms with Gasteiger partial charge >= 0.3 is 0 Å². The van der Waals surface area contributed by atoms with Gasteiger partial charge in [-0.05, 0) is 18.6 Å². The zero-order chi connectivity index (χ0) is 7.56. The van der Waals surface area contributed by atoms with Crippen LogP contribution in [0.2, 0.25) is 0 Å². The van der Waals surface area contributed by atoms with Crippen molar-refractivity contribution in [3.63, 3.8) is 0 Å². The van der Waals surface area contributed by atoms with Gasteiger partial charge in [0.25, 0.3) is 0 Å². The minimum absolute atomic E-state index is 1.08. The van der Waals surface area contributed by atoms with E-state index in [0.29, 0.717) is 0 Å². The summed E-state index contributed by atoms with van der Waals surface area (Å²) in [5, 5.41) is 0. The Morgan fingerprint density at radius 3 is 2.20 bits per heavy atom. The van der Waals surface area contributed by atoms with Crippen molar-refractivity contribution in [1.82, 2.24) is 0 Å². The van der Waals surface area contributed by atoms with E-state index in [0.717, 1.165) is 5.56 Å². The lowest BCUT2D eigenvalue weighted by Gasteiger charge is -2.14. The third-order valence-electron chi connectivity index (χ3n) is 1.47. The molecule has 53 valence electrons. The van der Waals surface area contributed by atoms with Crippen LogP contribution < -0.4 is 4.90 Å². The Bertz CT molecular complexity index is 216. The molecule has 0 aliphatic rings. The standard InChI is InChI=1S/C9H12N/c1-8-6-4-5-7-9(8)10(2)3/h4-7H,1H2,2-3H3. The molecule has 0 unspecified atom stereocenters. The molecule has 0 heterocycles. The summed E-state index contributed by atoms with van der Waals surface area (Å²) in [6.07, 6.45) is 0. The molecule has 0 aliphatic heterocycles. The number of hydrogen-bond acceptors (Lipinski definition) is 1. The van der Waals surface area contributed by atoms with Gasteiger partial charge in [-0.25, -0.2) is 0 Å². The summed E-state index contributed by atoms with van der Waals surface area (Å²) in [5.74, 6) is 0. The van der Waals surface area contributed by atoms with E-state index in [1.54, 1.807) is 0 Å². The molecule has 1 aromatic rings. The van der Waals surface area contributed by atoms with Crippen molar-refractivity contribution in [3.05, 3.63) is 36.8 Å². The van der Waals surface area contributed by atoms with Crippen molar-refractivity contribution in [3.8, 4) is 0 Å². The monoisotopic (exact) mass is 134 g/mol. The maximum atomic E-state index is 3.90. The molecule has 0 amide bonds. The van der Waals surface area contributed by atoms with Gasteiger partial charge < -0.3 is 4.90 Å². The van der Waals surface area contributed by atoms with Gasteiger partial charge in [0.2, 0.25) is 0 Å². The van der Waals surface area contributed by atoms with Crippen molar-refractivity contribution < 1.29 is 0 Å². The summed E-state index contributed by atoms with van der Waals surface area (Å²) in [7, 11) is 4.04. The minimum atomic E-state index is 1.08. The normalized spacial score (nSPS) is 9.50. The van der Waals surface area contributed by atoms with Gasteiger partial charge in [0, 0.05) is 19.8 Å². The van der Waals surface area contributed by atoms with Crippen LogP contribution in [0.4, 0.5) is 5.69 Å². The summed E-state index contributed by atoms with van der Waals surface area (Å²) in [5.41, 5.74) is 2.26. The smallest absolute Gasteiger partial charge is 0.0393 e. The first-order valence-electron chi connectivity index (χ1n) is 3.30. The fraction of sp³-hybridized carbons (Fsp3) is 0.222. The van der Waals surface area contributed by atoms with Crippen molar-refractivity contribution >= 4 is 5.69 Å². The Labute approximate surface area is 62.3 Å². The lowest BCUT2D eigenvalue weighted by molar-refractivity contribution is 1.12. The van der Waals surface area contributed by atoms with E-state index in [2.05, 4.69) is 17.9 Å². The number of nitrogens with zero attached hydrogens (tertiary/aromatic N) is 1. The quantitative estimate of drug-likeness (QED) is 0.567. The average molecular weight is 134 g/mol. The molecule has 1 aromatic carbocycles. The molecule has 1 heteroatoms. The van der Waals surface area contributed by atoms with Crippen molar-refractivity contribution in [2.75, 3.05) is 19.0 Å². The molecule has 0 aliphatic carbocycles. The first-order valence-corrected chi connectivity index (χ1v) is 3.30. The van der Waals surface area contributed by atoms with Crippen LogP contribution >= 0.6 is 0 Å². The highest BCUT2D eigenvalue weighted by Gasteiger charge is 1.95. The van der Waals surface area contributed by atoms with E-state index in [-0.39, 0.29) is 0 Å². The third-order valence-corrected chi connectivity index (χ3v) is 1.47. The van der Waals surface area contributed by atoms with Crippen LogP contribution in [0.1, 0.15) is 5.56 Å². The predicted molar refractivity (Wildman–Crippen MR) is 45.2 cm³/mol. The highest BCUT2D eigenvalue weighted by molar-refractivity contribution is 5.53. The van der Waals surface area contributed by atoms with Gasteiger partial charge in [0.15, 0.2) is 0 Å². The van der Waals surface area contributed by atoms with Crippen LogP contribution in [0.15, 0.2) is 24.3 Å². The minimum Gasteiger partial charge on any atom is -0.377 e. The number of benzene rings is 1. The maximum absolute atomic E-state index is 3.90. The Morgan fingerprint density at radius 2 is 1.80 bits per heavy atom. The Hall–Kier alpha value is -0.980. The Balaban J connectivity index is 3.03. The van der Waals surface area contributed by atoms with Gasteiger partial charge in [-0.1, -0.05) is 18.2 Å². The summed E-state index contributed by atoms with van der Waals surface area (Å²) >= 11 is 0. The van der Waals surface area contributed by atoms with E-state index < -0.39 is 0 Å². The SMILES string of the molecule is [CH2]c1ccccc1N(C)C. The number of anilines is 1.